The molecule has 1 fully saturated rings. The minimum atomic E-state index is -0.355. The van der Waals surface area contributed by atoms with E-state index in [1.165, 1.54) is 11.8 Å². The summed E-state index contributed by atoms with van der Waals surface area (Å²) in [5.41, 5.74) is 0. The first-order valence-corrected chi connectivity index (χ1v) is 7.20. The van der Waals surface area contributed by atoms with Gasteiger partial charge < -0.3 is 15.4 Å². The summed E-state index contributed by atoms with van der Waals surface area (Å²) in [6, 6.07) is 0.441. The van der Waals surface area contributed by atoms with Crippen molar-refractivity contribution in [3.63, 3.8) is 0 Å². The Morgan fingerprint density at radius 2 is 2.47 bits per heavy atom. The lowest BCUT2D eigenvalue weighted by molar-refractivity contribution is 0.150. The Bertz CT molecular complexity index is 424. The third-order valence-corrected chi connectivity index (χ3v) is 3.61. The van der Waals surface area contributed by atoms with Gasteiger partial charge in [0.15, 0.2) is 0 Å². The molecule has 1 unspecified atom stereocenters. The summed E-state index contributed by atoms with van der Waals surface area (Å²) < 4.78 is 6.81. The number of nitrogens with one attached hydrogen (secondary N) is 2. The van der Waals surface area contributed by atoms with Crippen LogP contribution in [0.3, 0.4) is 0 Å². The molecule has 1 aliphatic heterocycles. The SMILES string of the molecule is CC(C)NCCn1nnnc1SCC1CNC(=O)O1. The van der Waals surface area contributed by atoms with Crippen LogP contribution in [-0.4, -0.2) is 57.3 Å². The monoisotopic (exact) mass is 286 g/mol. The van der Waals surface area contributed by atoms with Crippen molar-refractivity contribution in [2.24, 2.45) is 0 Å². The molecule has 1 aliphatic rings. The van der Waals surface area contributed by atoms with E-state index >= 15 is 0 Å². The summed E-state index contributed by atoms with van der Waals surface area (Å²) in [5, 5.41) is 18.3. The maximum Gasteiger partial charge on any atom is 0.407 e. The lowest BCUT2D eigenvalue weighted by atomic mass is 10.4. The Morgan fingerprint density at radius 1 is 1.63 bits per heavy atom. The summed E-state index contributed by atoms with van der Waals surface area (Å²) >= 11 is 1.49. The third-order valence-electron chi connectivity index (χ3n) is 2.52. The Hall–Kier alpha value is -1.35. The van der Waals surface area contributed by atoms with Crippen LogP contribution in [0.2, 0.25) is 0 Å². The Morgan fingerprint density at radius 3 is 3.16 bits per heavy atom. The van der Waals surface area contributed by atoms with Crippen LogP contribution in [0, 0.1) is 0 Å². The molecule has 2 heterocycles. The number of carbonyl (C=O) groups excluding carboxylic acids is 1. The number of tetrazole rings is 1. The molecule has 19 heavy (non-hydrogen) atoms. The van der Waals surface area contributed by atoms with E-state index in [0.717, 1.165) is 18.2 Å². The number of hydrogen-bond acceptors (Lipinski definition) is 7. The minimum Gasteiger partial charge on any atom is -0.443 e. The van der Waals surface area contributed by atoms with Crippen molar-refractivity contribution < 1.29 is 9.53 Å². The second-order valence-corrected chi connectivity index (χ2v) is 5.50. The molecule has 9 heteroatoms. The molecule has 0 bridgehead atoms. The van der Waals surface area contributed by atoms with Crippen LogP contribution in [0.1, 0.15) is 13.8 Å². The first-order chi connectivity index (χ1) is 9.15. The van der Waals surface area contributed by atoms with Crippen molar-refractivity contribution in [1.82, 2.24) is 30.8 Å². The number of thioether (sulfide) groups is 1. The molecule has 1 atom stereocenters. The number of nitrogens with zero attached hydrogens (tertiary/aromatic N) is 4. The average Bonchev–Trinajstić information content (AvgIpc) is 2.95. The fourth-order valence-corrected chi connectivity index (χ4v) is 2.48. The molecule has 1 aromatic heterocycles. The molecule has 0 saturated carbocycles. The molecule has 1 aromatic rings. The van der Waals surface area contributed by atoms with Gasteiger partial charge in [-0.3, -0.25) is 0 Å². The summed E-state index contributed by atoms with van der Waals surface area (Å²) in [6.07, 6.45) is -0.470. The van der Waals surface area contributed by atoms with Crippen LogP contribution in [0.15, 0.2) is 5.16 Å². The second kappa shape index (κ2) is 6.71. The number of ether oxygens (including phenoxy) is 1. The van der Waals surface area contributed by atoms with Crippen molar-refractivity contribution in [2.45, 2.75) is 37.7 Å². The third kappa shape index (κ3) is 4.35. The number of rotatable bonds is 7. The topological polar surface area (TPSA) is 94.0 Å². The number of alkyl carbamates (subject to hydrolysis) is 1. The Labute approximate surface area is 115 Å². The molecule has 2 rings (SSSR count). The average molecular weight is 286 g/mol. The van der Waals surface area contributed by atoms with Gasteiger partial charge in [-0.05, 0) is 10.4 Å². The molecule has 0 aromatic carbocycles. The molecule has 0 aliphatic carbocycles. The standard InChI is InChI=1S/C10H18N6O2S/c1-7(2)11-3-4-16-9(13-14-15-16)19-6-8-5-12-10(17)18-8/h7-8,11H,3-6H2,1-2H3,(H,12,17). The number of cyclic esters (lactones) is 1. The van der Waals surface area contributed by atoms with E-state index < -0.39 is 0 Å². The van der Waals surface area contributed by atoms with Gasteiger partial charge in [-0.1, -0.05) is 25.6 Å². The van der Waals surface area contributed by atoms with Crippen molar-refractivity contribution in [3.8, 4) is 0 Å². The molecule has 1 saturated heterocycles. The maximum absolute atomic E-state index is 10.9. The van der Waals surface area contributed by atoms with Crippen LogP contribution >= 0.6 is 11.8 Å². The lowest BCUT2D eigenvalue weighted by Gasteiger charge is -2.09. The smallest absolute Gasteiger partial charge is 0.407 e. The quantitative estimate of drug-likeness (QED) is 0.674. The van der Waals surface area contributed by atoms with Crippen molar-refractivity contribution in [3.05, 3.63) is 0 Å². The highest BCUT2D eigenvalue weighted by Crippen LogP contribution is 2.17. The maximum atomic E-state index is 10.9. The number of amides is 1. The second-order valence-electron chi connectivity index (χ2n) is 4.51. The predicted molar refractivity (Wildman–Crippen MR) is 70.0 cm³/mol. The normalized spacial score (nSPS) is 18.7. The fraction of sp³-hybridized carbons (Fsp3) is 0.800. The molecule has 106 valence electrons. The van der Waals surface area contributed by atoms with E-state index in [2.05, 4.69) is 40.0 Å². The number of carbonyl (C=O) groups is 1. The first kappa shape index (κ1) is 14.1. The van der Waals surface area contributed by atoms with Gasteiger partial charge in [0.25, 0.3) is 0 Å². The van der Waals surface area contributed by atoms with Gasteiger partial charge in [0.2, 0.25) is 5.16 Å². The fourth-order valence-electron chi connectivity index (χ4n) is 1.59. The minimum absolute atomic E-state index is 0.114. The van der Waals surface area contributed by atoms with Gasteiger partial charge >= 0.3 is 6.09 Å². The van der Waals surface area contributed by atoms with Crippen LogP contribution in [0.5, 0.6) is 0 Å². The van der Waals surface area contributed by atoms with Gasteiger partial charge in [0, 0.05) is 18.3 Å². The van der Waals surface area contributed by atoms with Crippen LogP contribution in [0.4, 0.5) is 4.79 Å². The van der Waals surface area contributed by atoms with Gasteiger partial charge in [-0.25, -0.2) is 9.48 Å². The molecule has 2 N–H and O–H groups in total. The van der Waals surface area contributed by atoms with Gasteiger partial charge in [-0.2, -0.15) is 0 Å². The molecule has 0 radical (unpaired) electrons. The summed E-state index contributed by atoms with van der Waals surface area (Å²) in [6.45, 7) is 6.27. The van der Waals surface area contributed by atoms with Crippen LogP contribution < -0.4 is 10.6 Å². The van der Waals surface area contributed by atoms with Gasteiger partial charge in [-0.15, -0.1) is 5.10 Å². The van der Waals surface area contributed by atoms with E-state index in [1.807, 2.05) is 0 Å². The van der Waals surface area contributed by atoms with E-state index in [-0.39, 0.29) is 12.2 Å². The Balaban J connectivity index is 1.77. The van der Waals surface area contributed by atoms with E-state index in [9.17, 15) is 4.79 Å². The molecular weight excluding hydrogens is 268 g/mol. The van der Waals surface area contributed by atoms with Crippen LogP contribution in [0.25, 0.3) is 0 Å². The van der Waals surface area contributed by atoms with E-state index in [0.29, 0.717) is 18.3 Å². The molecule has 8 nitrogen and oxygen atoms in total. The van der Waals surface area contributed by atoms with Gasteiger partial charge in [0.05, 0.1) is 13.1 Å². The molecule has 1 amide bonds. The summed E-state index contributed by atoms with van der Waals surface area (Å²) in [4.78, 5) is 10.9. The first-order valence-electron chi connectivity index (χ1n) is 6.22. The molecular formula is C10H18N6O2S. The highest BCUT2D eigenvalue weighted by molar-refractivity contribution is 7.99. The van der Waals surface area contributed by atoms with Crippen LogP contribution in [-0.2, 0) is 11.3 Å². The molecule has 0 spiro atoms. The zero-order valence-electron chi connectivity index (χ0n) is 11.0. The largest absolute Gasteiger partial charge is 0.443 e. The highest BCUT2D eigenvalue weighted by Gasteiger charge is 2.23. The van der Waals surface area contributed by atoms with E-state index in [4.69, 9.17) is 4.74 Å². The zero-order chi connectivity index (χ0) is 13.7. The van der Waals surface area contributed by atoms with Gasteiger partial charge in [0.1, 0.15) is 6.10 Å². The summed E-state index contributed by atoms with van der Waals surface area (Å²) in [7, 11) is 0. The van der Waals surface area contributed by atoms with Crippen molar-refractivity contribution in [2.75, 3.05) is 18.8 Å². The predicted octanol–water partition coefficient (Wildman–Crippen LogP) is -0.128. The Kier molecular flexibility index (Phi) is 4.97. The number of hydrogen-bond donors (Lipinski definition) is 2. The zero-order valence-corrected chi connectivity index (χ0v) is 11.8. The highest BCUT2D eigenvalue weighted by atomic mass is 32.2. The van der Waals surface area contributed by atoms with Crippen molar-refractivity contribution >= 4 is 17.9 Å². The van der Waals surface area contributed by atoms with E-state index in [1.54, 1.807) is 4.68 Å². The lowest BCUT2D eigenvalue weighted by Crippen LogP contribution is -2.27. The van der Waals surface area contributed by atoms with Crippen molar-refractivity contribution in [1.29, 1.82) is 0 Å². The number of aromatic nitrogens is 4. The summed E-state index contributed by atoms with van der Waals surface area (Å²) in [5.74, 6) is 0.650.